The van der Waals surface area contributed by atoms with Gasteiger partial charge in [0.1, 0.15) is 5.82 Å². The molecular formula is C21H24FN3S. The summed E-state index contributed by atoms with van der Waals surface area (Å²) < 4.78 is 16.6. The summed E-state index contributed by atoms with van der Waals surface area (Å²) >= 11 is 1.57. The molecule has 0 aliphatic carbocycles. The summed E-state index contributed by atoms with van der Waals surface area (Å²) in [7, 11) is 1.93. The van der Waals surface area contributed by atoms with Crippen LogP contribution < -0.4 is 5.32 Å². The van der Waals surface area contributed by atoms with Crippen LogP contribution in [0.3, 0.4) is 0 Å². The van der Waals surface area contributed by atoms with E-state index < -0.39 is 0 Å². The van der Waals surface area contributed by atoms with E-state index in [1.165, 1.54) is 17.2 Å². The number of nitrogens with zero attached hydrogens (tertiary/aromatic N) is 2. The van der Waals surface area contributed by atoms with Gasteiger partial charge in [0.05, 0.1) is 5.69 Å². The molecule has 3 aromatic rings. The Labute approximate surface area is 158 Å². The fourth-order valence-corrected chi connectivity index (χ4v) is 4.04. The molecule has 2 aromatic heterocycles. The van der Waals surface area contributed by atoms with E-state index in [-0.39, 0.29) is 5.82 Å². The van der Waals surface area contributed by atoms with Crippen molar-refractivity contribution in [1.29, 1.82) is 0 Å². The summed E-state index contributed by atoms with van der Waals surface area (Å²) in [6, 6.07) is 11.1. The van der Waals surface area contributed by atoms with Gasteiger partial charge < -0.3 is 5.32 Å². The monoisotopic (exact) mass is 369 g/mol. The Morgan fingerprint density at radius 2 is 1.92 bits per heavy atom. The minimum atomic E-state index is -0.197. The first-order chi connectivity index (χ1) is 12.7. The topological polar surface area (TPSA) is 29.9 Å². The number of hydrogen-bond acceptors (Lipinski definition) is 3. The minimum absolute atomic E-state index is 0.197. The van der Waals surface area contributed by atoms with E-state index in [2.05, 4.69) is 40.4 Å². The van der Waals surface area contributed by atoms with E-state index in [1.807, 2.05) is 31.4 Å². The predicted octanol–water partition coefficient (Wildman–Crippen LogP) is 5.09. The molecule has 3 rings (SSSR count). The highest BCUT2D eigenvalue weighted by atomic mass is 32.2. The van der Waals surface area contributed by atoms with Gasteiger partial charge in [-0.05, 0) is 67.2 Å². The Kier molecular flexibility index (Phi) is 6.12. The average molecular weight is 370 g/mol. The second-order valence-corrected chi connectivity index (χ2v) is 7.15. The van der Waals surface area contributed by atoms with Gasteiger partial charge >= 0.3 is 0 Å². The molecule has 2 heterocycles. The van der Waals surface area contributed by atoms with Crippen molar-refractivity contribution in [3.8, 4) is 11.3 Å². The zero-order chi connectivity index (χ0) is 18.5. The lowest BCUT2D eigenvalue weighted by molar-refractivity contribution is 0.630. The summed E-state index contributed by atoms with van der Waals surface area (Å²) in [6.07, 6.45) is 5.76. The molecule has 0 fully saturated rings. The molecule has 0 saturated carbocycles. The molecule has 0 unspecified atom stereocenters. The standard InChI is InChI=1S/C21H24FN3S/c1-4-16-10-11-17(13-24-16)26-25-14-15(12-23-3)18(5-2)21(25)19-8-6-7-9-20(19)22/h6-11,13-14,23H,4-5,12H2,1-3H3. The summed E-state index contributed by atoms with van der Waals surface area (Å²) in [6.45, 7) is 4.96. The fourth-order valence-electron chi connectivity index (χ4n) is 3.10. The lowest BCUT2D eigenvalue weighted by Crippen LogP contribution is -2.06. The Hall–Kier alpha value is -2.11. The summed E-state index contributed by atoms with van der Waals surface area (Å²) in [4.78, 5) is 5.51. The van der Waals surface area contributed by atoms with Gasteiger partial charge in [0.15, 0.2) is 0 Å². The van der Waals surface area contributed by atoms with Gasteiger partial charge in [0, 0.05) is 35.1 Å². The van der Waals surface area contributed by atoms with Crippen molar-refractivity contribution in [3.63, 3.8) is 0 Å². The van der Waals surface area contributed by atoms with Crippen LogP contribution in [-0.4, -0.2) is 16.0 Å². The maximum atomic E-state index is 14.6. The molecule has 0 amide bonds. The van der Waals surface area contributed by atoms with Crippen LogP contribution in [0.2, 0.25) is 0 Å². The minimum Gasteiger partial charge on any atom is -0.316 e. The number of rotatable bonds is 7. The Balaban J connectivity index is 2.09. The van der Waals surface area contributed by atoms with Crippen LogP contribution in [0.1, 0.15) is 30.7 Å². The second-order valence-electron chi connectivity index (χ2n) is 6.10. The molecule has 0 aliphatic heterocycles. The van der Waals surface area contributed by atoms with Crippen molar-refractivity contribution in [2.45, 2.75) is 38.1 Å². The Bertz CT molecular complexity index is 871. The van der Waals surface area contributed by atoms with Crippen molar-refractivity contribution in [2.75, 3.05) is 7.05 Å². The largest absolute Gasteiger partial charge is 0.316 e. The molecule has 0 spiro atoms. The van der Waals surface area contributed by atoms with Crippen LogP contribution in [0.25, 0.3) is 11.3 Å². The van der Waals surface area contributed by atoms with Crippen LogP contribution in [0.5, 0.6) is 0 Å². The molecular weight excluding hydrogens is 345 g/mol. The van der Waals surface area contributed by atoms with Gasteiger partial charge in [-0.15, -0.1) is 0 Å². The summed E-state index contributed by atoms with van der Waals surface area (Å²) in [5.74, 6) is -0.197. The maximum absolute atomic E-state index is 14.6. The lowest BCUT2D eigenvalue weighted by Gasteiger charge is -2.11. The van der Waals surface area contributed by atoms with Crippen LogP contribution in [0.4, 0.5) is 4.39 Å². The number of halogens is 1. The SMILES string of the molecule is CCc1ccc(Sn2cc(CNC)c(CC)c2-c2ccccc2F)cn1. The van der Waals surface area contributed by atoms with Gasteiger partial charge in [-0.3, -0.25) is 8.96 Å². The fraction of sp³-hybridized carbons (Fsp3) is 0.286. The van der Waals surface area contributed by atoms with E-state index >= 15 is 0 Å². The van der Waals surface area contributed by atoms with E-state index in [0.29, 0.717) is 5.56 Å². The van der Waals surface area contributed by atoms with Crippen LogP contribution in [-0.2, 0) is 19.4 Å². The third-order valence-corrected chi connectivity index (χ3v) is 5.32. The normalized spacial score (nSPS) is 11.1. The van der Waals surface area contributed by atoms with Crippen molar-refractivity contribution in [3.05, 3.63) is 71.4 Å². The Morgan fingerprint density at radius 3 is 2.54 bits per heavy atom. The number of nitrogens with one attached hydrogen (secondary N) is 1. The third kappa shape index (κ3) is 3.84. The maximum Gasteiger partial charge on any atom is 0.132 e. The summed E-state index contributed by atoms with van der Waals surface area (Å²) in [5.41, 5.74) is 5.01. The second kappa shape index (κ2) is 8.52. The van der Waals surface area contributed by atoms with Gasteiger partial charge in [-0.1, -0.05) is 26.0 Å². The summed E-state index contributed by atoms with van der Waals surface area (Å²) in [5, 5.41) is 3.22. The van der Waals surface area contributed by atoms with Gasteiger partial charge in [-0.25, -0.2) is 4.39 Å². The first kappa shape index (κ1) is 18.7. The van der Waals surface area contributed by atoms with Crippen molar-refractivity contribution < 1.29 is 4.39 Å². The number of aromatic nitrogens is 2. The van der Waals surface area contributed by atoms with Crippen molar-refractivity contribution >= 4 is 11.9 Å². The quantitative estimate of drug-likeness (QED) is 0.629. The van der Waals surface area contributed by atoms with Crippen molar-refractivity contribution in [1.82, 2.24) is 14.3 Å². The molecule has 136 valence electrons. The van der Waals surface area contributed by atoms with E-state index in [0.717, 1.165) is 35.7 Å². The van der Waals surface area contributed by atoms with Gasteiger partial charge in [-0.2, -0.15) is 0 Å². The number of pyridine rings is 1. The van der Waals surface area contributed by atoms with Gasteiger partial charge in [0.2, 0.25) is 0 Å². The van der Waals surface area contributed by atoms with E-state index in [9.17, 15) is 4.39 Å². The lowest BCUT2D eigenvalue weighted by atomic mass is 10.0. The number of benzene rings is 1. The molecule has 1 N–H and O–H groups in total. The highest BCUT2D eigenvalue weighted by molar-refractivity contribution is 7.98. The predicted molar refractivity (Wildman–Crippen MR) is 107 cm³/mol. The zero-order valence-corrected chi connectivity index (χ0v) is 16.2. The van der Waals surface area contributed by atoms with Gasteiger partial charge in [0.25, 0.3) is 0 Å². The van der Waals surface area contributed by atoms with Crippen molar-refractivity contribution in [2.24, 2.45) is 0 Å². The number of aryl methyl sites for hydroxylation is 1. The highest BCUT2D eigenvalue weighted by Crippen LogP contribution is 2.36. The highest BCUT2D eigenvalue weighted by Gasteiger charge is 2.19. The number of hydrogen-bond donors (Lipinski definition) is 1. The molecule has 1 aromatic carbocycles. The molecule has 0 radical (unpaired) electrons. The zero-order valence-electron chi connectivity index (χ0n) is 15.4. The first-order valence-corrected chi connectivity index (χ1v) is 9.71. The molecule has 0 saturated heterocycles. The first-order valence-electron chi connectivity index (χ1n) is 8.93. The molecule has 3 nitrogen and oxygen atoms in total. The molecule has 0 aliphatic rings. The molecule has 5 heteroatoms. The van der Waals surface area contributed by atoms with Crippen LogP contribution >= 0.6 is 11.9 Å². The Morgan fingerprint density at radius 1 is 1.12 bits per heavy atom. The smallest absolute Gasteiger partial charge is 0.132 e. The van der Waals surface area contributed by atoms with Crippen LogP contribution in [0, 0.1) is 5.82 Å². The molecule has 26 heavy (non-hydrogen) atoms. The van der Waals surface area contributed by atoms with Crippen LogP contribution in [0.15, 0.2) is 53.7 Å². The molecule has 0 bridgehead atoms. The van der Waals surface area contributed by atoms with E-state index in [4.69, 9.17) is 0 Å². The van der Waals surface area contributed by atoms with E-state index in [1.54, 1.807) is 18.0 Å². The average Bonchev–Trinajstić information content (AvgIpc) is 3.00. The third-order valence-electron chi connectivity index (χ3n) is 4.38. The molecule has 0 atom stereocenters.